The summed E-state index contributed by atoms with van der Waals surface area (Å²) in [6, 6.07) is 0. The van der Waals surface area contributed by atoms with E-state index in [2.05, 4.69) is 17.2 Å². The molecule has 0 bridgehead atoms. The van der Waals surface area contributed by atoms with Crippen LogP contribution in [-0.4, -0.2) is 25.5 Å². The highest BCUT2D eigenvalue weighted by molar-refractivity contribution is 5.78. The summed E-state index contributed by atoms with van der Waals surface area (Å²) in [5.41, 5.74) is 1.05. The van der Waals surface area contributed by atoms with Crippen LogP contribution in [0.3, 0.4) is 0 Å². The first kappa shape index (κ1) is 10.3. The van der Waals surface area contributed by atoms with Gasteiger partial charge < -0.3 is 10.6 Å². The van der Waals surface area contributed by atoms with Gasteiger partial charge in [-0.2, -0.15) is 0 Å². The van der Waals surface area contributed by atoms with Crippen LogP contribution in [0.2, 0.25) is 0 Å². The fourth-order valence-corrected chi connectivity index (χ4v) is 1.03. The highest BCUT2D eigenvalue weighted by Crippen LogP contribution is 2.27. The molecule has 0 aromatic carbocycles. The maximum atomic E-state index is 11.2. The molecule has 0 radical (unpaired) electrons. The largest absolute Gasteiger partial charge is 0.355 e. The minimum absolute atomic E-state index is 0.0909. The molecule has 0 atom stereocenters. The molecule has 1 amide bonds. The zero-order valence-corrected chi connectivity index (χ0v) is 8.23. The van der Waals surface area contributed by atoms with E-state index in [1.165, 1.54) is 12.8 Å². The highest BCUT2D eigenvalue weighted by Gasteiger charge is 2.21. The molecule has 1 aliphatic carbocycles. The Morgan fingerprint density at radius 3 is 2.69 bits per heavy atom. The Kier molecular flexibility index (Phi) is 3.96. The molecule has 1 fully saturated rings. The van der Waals surface area contributed by atoms with E-state index in [9.17, 15) is 4.79 Å². The standard InChI is InChI=1S/C10H18N2O/c1-8(2)5-11-7-10(13)12-6-9-3-4-9/h9,11H,1,3-7H2,2H3,(H,12,13). The van der Waals surface area contributed by atoms with Crippen LogP contribution < -0.4 is 10.6 Å². The SMILES string of the molecule is C=C(C)CNCC(=O)NCC1CC1. The molecule has 0 unspecified atom stereocenters. The fourth-order valence-electron chi connectivity index (χ4n) is 1.03. The molecule has 1 rings (SSSR count). The quantitative estimate of drug-likeness (QED) is 0.593. The molecule has 3 heteroatoms. The second-order valence-corrected chi connectivity index (χ2v) is 3.81. The molecular weight excluding hydrogens is 164 g/mol. The molecule has 0 saturated heterocycles. The summed E-state index contributed by atoms with van der Waals surface area (Å²) in [5.74, 6) is 0.846. The number of hydrogen-bond donors (Lipinski definition) is 2. The monoisotopic (exact) mass is 182 g/mol. The van der Waals surface area contributed by atoms with E-state index in [0.29, 0.717) is 6.54 Å². The third-order valence-electron chi connectivity index (χ3n) is 2.00. The second-order valence-electron chi connectivity index (χ2n) is 3.81. The number of hydrogen-bond acceptors (Lipinski definition) is 2. The minimum atomic E-state index is 0.0909. The van der Waals surface area contributed by atoms with Gasteiger partial charge in [-0.1, -0.05) is 12.2 Å². The fraction of sp³-hybridized carbons (Fsp3) is 0.700. The summed E-state index contributed by atoms with van der Waals surface area (Å²) in [6.45, 7) is 7.66. The number of carbonyl (C=O) groups excluding carboxylic acids is 1. The van der Waals surface area contributed by atoms with Crippen LogP contribution in [0.1, 0.15) is 19.8 Å². The molecule has 0 aliphatic heterocycles. The molecule has 74 valence electrons. The number of rotatable bonds is 6. The zero-order chi connectivity index (χ0) is 9.68. The van der Waals surface area contributed by atoms with Crippen LogP contribution in [-0.2, 0) is 4.79 Å². The van der Waals surface area contributed by atoms with Crippen molar-refractivity contribution in [2.24, 2.45) is 5.92 Å². The maximum Gasteiger partial charge on any atom is 0.233 e. The van der Waals surface area contributed by atoms with Gasteiger partial charge in [0, 0.05) is 13.1 Å². The lowest BCUT2D eigenvalue weighted by Crippen LogP contribution is -2.35. The van der Waals surface area contributed by atoms with Gasteiger partial charge in [0.15, 0.2) is 0 Å². The minimum Gasteiger partial charge on any atom is -0.355 e. The smallest absolute Gasteiger partial charge is 0.233 e. The third-order valence-corrected chi connectivity index (χ3v) is 2.00. The molecule has 2 N–H and O–H groups in total. The summed E-state index contributed by atoms with van der Waals surface area (Å²) < 4.78 is 0. The van der Waals surface area contributed by atoms with Crippen molar-refractivity contribution in [1.29, 1.82) is 0 Å². The van der Waals surface area contributed by atoms with Crippen molar-refractivity contribution in [3.8, 4) is 0 Å². The van der Waals surface area contributed by atoms with Crippen LogP contribution >= 0.6 is 0 Å². The van der Waals surface area contributed by atoms with Crippen molar-refractivity contribution >= 4 is 5.91 Å². The number of nitrogens with one attached hydrogen (secondary N) is 2. The van der Waals surface area contributed by atoms with Gasteiger partial charge in [0.1, 0.15) is 0 Å². The molecule has 13 heavy (non-hydrogen) atoms. The lowest BCUT2D eigenvalue weighted by Gasteiger charge is -2.05. The van der Waals surface area contributed by atoms with Crippen LogP contribution in [0, 0.1) is 5.92 Å². The first-order valence-electron chi connectivity index (χ1n) is 4.80. The highest BCUT2D eigenvalue weighted by atomic mass is 16.1. The van der Waals surface area contributed by atoms with Crippen molar-refractivity contribution in [1.82, 2.24) is 10.6 Å². The number of amides is 1. The van der Waals surface area contributed by atoms with Crippen molar-refractivity contribution in [2.45, 2.75) is 19.8 Å². The van der Waals surface area contributed by atoms with Crippen molar-refractivity contribution in [3.05, 3.63) is 12.2 Å². The first-order chi connectivity index (χ1) is 6.18. The summed E-state index contributed by atoms with van der Waals surface area (Å²) in [7, 11) is 0. The lowest BCUT2D eigenvalue weighted by atomic mass is 10.3. The van der Waals surface area contributed by atoms with Gasteiger partial charge in [-0.3, -0.25) is 4.79 Å². The van der Waals surface area contributed by atoms with E-state index in [4.69, 9.17) is 0 Å². The Labute approximate surface area is 79.6 Å². The van der Waals surface area contributed by atoms with Gasteiger partial charge in [0.2, 0.25) is 5.91 Å². The number of carbonyl (C=O) groups is 1. The molecule has 0 aromatic rings. The molecular formula is C10H18N2O. The van der Waals surface area contributed by atoms with Crippen LogP contribution in [0.5, 0.6) is 0 Å². The average Bonchev–Trinajstić information content (AvgIpc) is 2.83. The van der Waals surface area contributed by atoms with Gasteiger partial charge in [-0.15, -0.1) is 0 Å². The summed E-state index contributed by atoms with van der Waals surface area (Å²) in [4.78, 5) is 11.2. The summed E-state index contributed by atoms with van der Waals surface area (Å²) >= 11 is 0. The van der Waals surface area contributed by atoms with Gasteiger partial charge in [-0.05, 0) is 25.7 Å². The third kappa shape index (κ3) is 5.42. The molecule has 3 nitrogen and oxygen atoms in total. The van der Waals surface area contributed by atoms with Gasteiger partial charge >= 0.3 is 0 Å². The van der Waals surface area contributed by atoms with Crippen LogP contribution in [0.4, 0.5) is 0 Å². The molecule has 1 saturated carbocycles. The molecule has 0 heterocycles. The summed E-state index contributed by atoms with van der Waals surface area (Å²) in [6.07, 6.45) is 2.55. The van der Waals surface area contributed by atoms with Crippen LogP contribution in [0.15, 0.2) is 12.2 Å². The predicted octanol–water partition coefficient (Wildman–Crippen LogP) is 0.678. The zero-order valence-electron chi connectivity index (χ0n) is 8.23. The average molecular weight is 182 g/mol. The Balaban J connectivity index is 1.93. The Morgan fingerprint density at radius 1 is 1.46 bits per heavy atom. The van der Waals surface area contributed by atoms with Gasteiger partial charge in [-0.25, -0.2) is 0 Å². The van der Waals surface area contributed by atoms with E-state index >= 15 is 0 Å². The summed E-state index contributed by atoms with van der Waals surface area (Å²) in [5, 5.41) is 5.90. The van der Waals surface area contributed by atoms with Crippen molar-refractivity contribution in [2.75, 3.05) is 19.6 Å². The van der Waals surface area contributed by atoms with Crippen molar-refractivity contribution in [3.63, 3.8) is 0 Å². The lowest BCUT2D eigenvalue weighted by molar-refractivity contribution is -0.120. The van der Waals surface area contributed by atoms with E-state index in [0.717, 1.165) is 24.6 Å². The van der Waals surface area contributed by atoms with Crippen LogP contribution in [0.25, 0.3) is 0 Å². The Morgan fingerprint density at radius 2 is 2.15 bits per heavy atom. The van der Waals surface area contributed by atoms with Gasteiger partial charge in [0.05, 0.1) is 6.54 Å². The predicted molar refractivity (Wildman–Crippen MR) is 53.4 cm³/mol. The van der Waals surface area contributed by atoms with E-state index in [-0.39, 0.29) is 5.91 Å². The van der Waals surface area contributed by atoms with Gasteiger partial charge in [0.25, 0.3) is 0 Å². The van der Waals surface area contributed by atoms with E-state index < -0.39 is 0 Å². The van der Waals surface area contributed by atoms with E-state index in [1.54, 1.807) is 0 Å². The Hall–Kier alpha value is -0.830. The van der Waals surface area contributed by atoms with E-state index in [1.807, 2.05) is 6.92 Å². The normalized spacial score (nSPS) is 15.5. The molecule has 1 aliphatic rings. The second kappa shape index (κ2) is 5.02. The topological polar surface area (TPSA) is 41.1 Å². The maximum absolute atomic E-state index is 11.2. The molecule has 0 aromatic heterocycles. The van der Waals surface area contributed by atoms with Crippen molar-refractivity contribution < 1.29 is 4.79 Å². The molecule has 0 spiro atoms. The first-order valence-corrected chi connectivity index (χ1v) is 4.80. The Bertz CT molecular complexity index is 197.